The molecule has 1 fully saturated rings. The van der Waals surface area contributed by atoms with E-state index in [1.165, 1.54) is 30.8 Å². The fourth-order valence-electron chi connectivity index (χ4n) is 2.14. The van der Waals surface area contributed by atoms with E-state index in [0.717, 1.165) is 25.0 Å². The lowest BCUT2D eigenvalue weighted by molar-refractivity contribution is 0.100. The molecule has 0 spiro atoms. The van der Waals surface area contributed by atoms with E-state index in [-0.39, 0.29) is 6.10 Å². The van der Waals surface area contributed by atoms with Crippen molar-refractivity contribution < 1.29 is 5.11 Å². The average Bonchev–Trinajstić information content (AvgIpc) is 2.60. The maximum Gasteiger partial charge on any atom is 0.0759 e. The van der Waals surface area contributed by atoms with E-state index in [2.05, 4.69) is 9.59 Å². The van der Waals surface area contributed by atoms with Crippen molar-refractivity contribution in [2.45, 2.75) is 44.6 Å². The molecule has 2 unspecified atom stereocenters. The SMILES string of the molecule is OC1CCCCCC1Cc1csnn1. The van der Waals surface area contributed by atoms with E-state index in [0.29, 0.717) is 5.92 Å². The van der Waals surface area contributed by atoms with Crippen LogP contribution in [0.25, 0.3) is 0 Å². The first kappa shape index (κ1) is 10.1. The van der Waals surface area contributed by atoms with Gasteiger partial charge in [0.25, 0.3) is 0 Å². The summed E-state index contributed by atoms with van der Waals surface area (Å²) >= 11 is 1.39. The van der Waals surface area contributed by atoms with Gasteiger partial charge in [0.15, 0.2) is 0 Å². The minimum atomic E-state index is -0.126. The minimum Gasteiger partial charge on any atom is -0.393 e. The average molecular weight is 212 g/mol. The highest BCUT2D eigenvalue weighted by molar-refractivity contribution is 7.03. The smallest absolute Gasteiger partial charge is 0.0759 e. The van der Waals surface area contributed by atoms with E-state index in [4.69, 9.17) is 0 Å². The van der Waals surface area contributed by atoms with E-state index in [1.807, 2.05) is 5.38 Å². The molecule has 0 aliphatic heterocycles. The molecule has 0 aromatic carbocycles. The Morgan fingerprint density at radius 2 is 2.21 bits per heavy atom. The minimum absolute atomic E-state index is 0.126. The maximum absolute atomic E-state index is 9.90. The fraction of sp³-hybridized carbons (Fsp3) is 0.800. The van der Waals surface area contributed by atoms with E-state index >= 15 is 0 Å². The first-order valence-corrected chi connectivity index (χ1v) is 6.14. The van der Waals surface area contributed by atoms with Crippen LogP contribution in [-0.2, 0) is 6.42 Å². The Morgan fingerprint density at radius 1 is 1.36 bits per heavy atom. The molecule has 0 radical (unpaired) electrons. The van der Waals surface area contributed by atoms with Gasteiger partial charge < -0.3 is 5.11 Å². The van der Waals surface area contributed by atoms with Gasteiger partial charge in [0, 0.05) is 5.38 Å². The molecule has 1 aromatic heterocycles. The van der Waals surface area contributed by atoms with Crippen LogP contribution in [0.1, 0.15) is 37.8 Å². The predicted octanol–water partition coefficient (Wildman–Crippen LogP) is 2.02. The van der Waals surface area contributed by atoms with Gasteiger partial charge >= 0.3 is 0 Å². The molecule has 2 atom stereocenters. The monoisotopic (exact) mass is 212 g/mol. The molecule has 3 nitrogen and oxygen atoms in total. The number of aromatic nitrogens is 2. The van der Waals surface area contributed by atoms with Crippen LogP contribution in [0.3, 0.4) is 0 Å². The Labute approximate surface area is 88.3 Å². The van der Waals surface area contributed by atoms with Gasteiger partial charge in [-0.3, -0.25) is 0 Å². The van der Waals surface area contributed by atoms with E-state index in [9.17, 15) is 5.11 Å². The second kappa shape index (κ2) is 4.84. The Hall–Kier alpha value is -0.480. The Morgan fingerprint density at radius 3 is 3.00 bits per heavy atom. The van der Waals surface area contributed by atoms with Crippen LogP contribution in [0, 0.1) is 5.92 Å². The van der Waals surface area contributed by atoms with Crippen molar-refractivity contribution in [1.82, 2.24) is 9.59 Å². The van der Waals surface area contributed by atoms with Gasteiger partial charge in [0.1, 0.15) is 0 Å². The Balaban J connectivity index is 1.94. The molecule has 1 aliphatic rings. The van der Waals surface area contributed by atoms with Crippen molar-refractivity contribution in [3.8, 4) is 0 Å². The topological polar surface area (TPSA) is 46.0 Å². The third-order valence-corrected chi connectivity index (χ3v) is 3.55. The summed E-state index contributed by atoms with van der Waals surface area (Å²) in [6.07, 6.45) is 6.56. The zero-order valence-corrected chi connectivity index (χ0v) is 9.04. The lowest BCUT2D eigenvalue weighted by Crippen LogP contribution is -2.21. The van der Waals surface area contributed by atoms with Gasteiger partial charge in [-0.05, 0) is 36.7 Å². The van der Waals surface area contributed by atoms with Gasteiger partial charge in [-0.15, -0.1) is 5.10 Å². The molecule has 14 heavy (non-hydrogen) atoms. The second-order valence-electron chi connectivity index (χ2n) is 4.07. The molecule has 1 N–H and O–H groups in total. The van der Waals surface area contributed by atoms with Crippen LogP contribution in [0.4, 0.5) is 0 Å². The summed E-state index contributed by atoms with van der Waals surface area (Å²) in [5.74, 6) is 0.404. The number of aliphatic hydroxyl groups is 1. The summed E-state index contributed by atoms with van der Waals surface area (Å²) in [5, 5.41) is 15.9. The summed E-state index contributed by atoms with van der Waals surface area (Å²) in [6, 6.07) is 0. The largest absolute Gasteiger partial charge is 0.393 e. The molecule has 1 aliphatic carbocycles. The maximum atomic E-state index is 9.90. The van der Waals surface area contributed by atoms with Crippen molar-refractivity contribution in [1.29, 1.82) is 0 Å². The molecule has 1 aromatic rings. The molecule has 0 amide bonds. The molecule has 0 saturated heterocycles. The van der Waals surface area contributed by atoms with Crippen LogP contribution in [-0.4, -0.2) is 20.8 Å². The van der Waals surface area contributed by atoms with Gasteiger partial charge in [-0.1, -0.05) is 23.8 Å². The zero-order chi connectivity index (χ0) is 9.80. The number of nitrogens with zero attached hydrogens (tertiary/aromatic N) is 2. The highest BCUT2D eigenvalue weighted by Crippen LogP contribution is 2.26. The number of hydrogen-bond donors (Lipinski definition) is 1. The van der Waals surface area contributed by atoms with E-state index < -0.39 is 0 Å². The third kappa shape index (κ3) is 2.51. The normalized spacial score (nSPS) is 28.6. The first-order valence-electron chi connectivity index (χ1n) is 5.30. The molecule has 4 heteroatoms. The molecule has 1 saturated carbocycles. The highest BCUT2D eigenvalue weighted by atomic mass is 32.1. The summed E-state index contributed by atoms with van der Waals surface area (Å²) in [7, 11) is 0. The fourth-order valence-corrected chi connectivity index (χ4v) is 2.61. The summed E-state index contributed by atoms with van der Waals surface area (Å²) in [4.78, 5) is 0. The third-order valence-electron chi connectivity index (χ3n) is 3.00. The van der Waals surface area contributed by atoms with Crippen molar-refractivity contribution in [3.05, 3.63) is 11.1 Å². The molecule has 1 heterocycles. The Bertz CT molecular complexity index is 263. The molecular weight excluding hydrogens is 196 g/mol. The molecule has 78 valence electrons. The van der Waals surface area contributed by atoms with Crippen LogP contribution in [0.15, 0.2) is 5.38 Å². The number of rotatable bonds is 2. The highest BCUT2D eigenvalue weighted by Gasteiger charge is 2.22. The predicted molar refractivity (Wildman–Crippen MR) is 56.2 cm³/mol. The summed E-state index contributed by atoms with van der Waals surface area (Å²) < 4.78 is 3.85. The lowest BCUT2D eigenvalue weighted by atomic mass is 9.93. The lowest BCUT2D eigenvalue weighted by Gasteiger charge is -2.18. The standard InChI is InChI=1S/C10H16N2OS/c13-10-5-3-1-2-4-8(10)6-9-7-14-12-11-9/h7-8,10,13H,1-6H2. The molecule has 0 bridgehead atoms. The summed E-state index contributed by atoms with van der Waals surface area (Å²) in [5.41, 5.74) is 1.04. The quantitative estimate of drug-likeness (QED) is 0.763. The van der Waals surface area contributed by atoms with Crippen LogP contribution >= 0.6 is 11.5 Å². The molecule has 2 rings (SSSR count). The second-order valence-corrected chi connectivity index (χ2v) is 4.68. The van der Waals surface area contributed by atoms with Crippen molar-refractivity contribution in [2.24, 2.45) is 5.92 Å². The van der Waals surface area contributed by atoms with Crippen LogP contribution in [0.5, 0.6) is 0 Å². The van der Waals surface area contributed by atoms with Crippen molar-refractivity contribution in [2.75, 3.05) is 0 Å². The zero-order valence-electron chi connectivity index (χ0n) is 8.22. The van der Waals surface area contributed by atoms with Crippen molar-refractivity contribution in [3.63, 3.8) is 0 Å². The first-order chi connectivity index (χ1) is 6.86. The summed E-state index contributed by atoms with van der Waals surface area (Å²) in [6.45, 7) is 0. The number of aliphatic hydroxyl groups excluding tert-OH is 1. The van der Waals surface area contributed by atoms with Gasteiger partial charge in [0.05, 0.1) is 11.8 Å². The molecular formula is C10H16N2OS. The Kier molecular flexibility index (Phi) is 3.48. The van der Waals surface area contributed by atoms with Crippen molar-refractivity contribution >= 4 is 11.5 Å². The van der Waals surface area contributed by atoms with E-state index in [1.54, 1.807) is 0 Å². The van der Waals surface area contributed by atoms with Gasteiger partial charge in [-0.2, -0.15) is 0 Å². The van der Waals surface area contributed by atoms with Gasteiger partial charge in [0.2, 0.25) is 0 Å². The van der Waals surface area contributed by atoms with Crippen LogP contribution in [0.2, 0.25) is 0 Å². The van der Waals surface area contributed by atoms with Gasteiger partial charge in [-0.25, -0.2) is 0 Å². The van der Waals surface area contributed by atoms with Crippen LogP contribution < -0.4 is 0 Å². The number of hydrogen-bond acceptors (Lipinski definition) is 4.